The van der Waals surface area contributed by atoms with Gasteiger partial charge in [0.25, 0.3) is 0 Å². The number of benzene rings is 1. The number of para-hydroxylation sites is 1. The molecule has 6 heteroatoms. The van der Waals surface area contributed by atoms with Crippen molar-refractivity contribution in [1.82, 2.24) is 4.98 Å². The van der Waals surface area contributed by atoms with Crippen molar-refractivity contribution >= 4 is 17.6 Å². The molecule has 1 aromatic carbocycles. The average Bonchev–Trinajstić information content (AvgIpc) is 2.47. The fourth-order valence-corrected chi connectivity index (χ4v) is 2.57. The highest BCUT2D eigenvalue weighted by Gasteiger charge is 2.11. The van der Waals surface area contributed by atoms with E-state index >= 15 is 0 Å². The Labute approximate surface area is 115 Å². The molecule has 0 unspecified atom stereocenters. The number of nitrogens with two attached hydrogens (primary N) is 1. The Balaban J connectivity index is 2.39. The average molecular weight is 275 g/mol. The quantitative estimate of drug-likeness (QED) is 0.387. The van der Waals surface area contributed by atoms with Gasteiger partial charge < -0.3 is 15.7 Å². The van der Waals surface area contributed by atoms with Gasteiger partial charge in [-0.15, -0.1) is 0 Å². The topological polar surface area (TPSA) is 80.7 Å². The lowest BCUT2D eigenvalue weighted by molar-refractivity contribution is 0.318. The maximum atomic E-state index is 8.77. The van der Waals surface area contributed by atoms with Crippen LogP contribution in [-0.2, 0) is 0 Å². The van der Waals surface area contributed by atoms with Crippen LogP contribution < -0.4 is 10.5 Å². The zero-order valence-electron chi connectivity index (χ0n) is 10.3. The molecule has 0 aliphatic carbocycles. The van der Waals surface area contributed by atoms with Crippen LogP contribution in [0.3, 0.4) is 0 Å². The van der Waals surface area contributed by atoms with E-state index in [4.69, 9.17) is 15.7 Å². The normalized spacial score (nSPS) is 11.3. The SMILES string of the molecule is COc1ccccc1Sc1cccnc1/C(N)=N/O. The number of oxime groups is 1. The standard InChI is InChI=1S/C13H13N3O2S/c1-18-9-5-2-3-6-10(9)19-11-7-4-8-15-12(11)13(14)16-17/h2-8,17H,1H3,(H2,14,16). The Hall–Kier alpha value is -2.21. The zero-order valence-corrected chi connectivity index (χ0v) is 11.1. The fraction of sp³-hybridized carbons (Fsp3) is 0.0769. The Morgan fingerprint density at radius 3 is 2.74 bits per heavy atom. The molecule has 98 valence electrons. The highest BCUT2D eigenvalue weighted by molar-refractivity contribution is 7.99. The number of pyridine rings is 1. The minimum atomic E-state index is -0.0157. The van der Waals surface area contributed by atoms with Crippen LogP contribution >= 0.6 is 11.8 Å². The summed E-state index contributed by atoms with van der Waals surface area (Å²) in [5.74, 6) is 0.750. The lowest BCUT2D eigenvalue weighted by atomic mass is 10.3. The van der Waals surface area contributed by atoms with Gasteiger partial charge in [0.15, 0.2) is 5.84 Å². The molecule has 3 N–H and O–H groups in total. The number of methoxy groups -OCH3 is 1. The molecule has 19 heavy (non-hydrogen) atoms. The van der Waals surface area contributed by atoms with Crippen molar-refractivity contribution < 1.29 is 9.94 Å². The van der Waals surface area contributed by atoms with Gasteiger partial charge in [0.1, 0.15) is 11.4 Å². The van der Waals surface area contributed by atoms with Gasteiger partial charge in [-0.2, -0.15) is 0 Å². The summed E-state index contributed by atoms with van der Waals surface area (Å²) in [4.78, 5) is 5.85. The first-order chi connectivity index (χ1) is 9.26. The summed E-state index contributed by atoms with van der Waals surface area (Å²) < 4.78 is 5.29. The molecule has 0 saturated heterocycles. The van der Waals surface area contributed by atoms with Crippen molar-refractivity contribution in [2.45, 2.75) is 9.79 Å². The third-order valence-electron chi connectivity index (χ3n) is 2.41. The summed E-state index contributed by atoms with van der Waals surface area (Å²) in [5.41, 5.74) is 6.06. The van der Waals surface area contributed by atoms with E-state index < -0.39 is 0 Å². The van der Waals surface area contributed by atoms with E-state index in [1.54, 1.807) is 19.4 Å². The van der Waals surface area contributed by atoms with E-state index in [9.17, 15) is 0 Å². The first-order valence-corrected chi connectivity index (χ1v) is 6.31. The van der Waals surface area contributed by atoms with E-state index in [1.807, 2.05) is 30.3 Å². The minimum Gasteiger partial charge on any atom is -0.496 e. The highest BCUT2D eigenvalue weighted by Crippen LogP contribution is 2.35. The van der Waals surface area contributed by atoms with Gasteiger partial charge >= 0.3 is 0 Å². The van der Waals surface area contributed by atoms with Crippen molar-refractivity contribution in [3.8, 4) is 5.75 Å². The molecule has 1 aromatic heterocycles. The molecule has 1 heterocycles. The van der Waals surface area contributed by atoms with Gasteiger partial charge in [-0.25, -0.2) is 0 Å². The van der Waals surface area contributed by atoms with Crippen LogP contribution in [0.1, 0.15) is 5.69 Å². The molecule has 5 nitrogen and oxygen atoms in total. The Morgan fingerprint density at radius 2 is 2.00 bits per heavy atom. The van der Waals surface area contributed by atoms with E-state index in [0.717, 1.165) is 15.5 Å². The molecule has 0 aliphatic rings. The molecule has 2 aromatic rings. The van der Waals surface area contributed by atoms with Gasteiger partial charge in [0.05, 0.1) is 12.0 Å². The number of aromatic nitrogens is 1. The van der Waals surface area contributed by atoms with E-state index in [2.05, 4.69) is 10.1 Å². The monoisotopic (exact) mass is 275 g/mol. The van der Waals surface area contributed by atoms with Crippen LogP contribution in [-0.4, -0.2) is 23.1 Å². The third kappa shape index (κ3) is 2.97. The van der Waals surface area contributed by atoms with E-state index in [1.165, 1.54) is 11.8 Å². The predicted octanol–water partition coefficient (Wildman–Crippen LogP) is 2.34. The largest absolute Gasteiger partial charge is 0.496 e. The smallest absolute Gasteiger partial charge is 0.189 e. The maximum Gasteiger partial charge on any atom is 0.189 e. The molecular weight excluding hydrogens is 262 g/mol. The van der Waals surface area contributed by atoms with Crippen LogP contribution in [0.25, 0.3) is 0 Å². The lowest BCUT2D eigenvalue weighted by Gasteiger charge is -2.09. The van der Waals surface area contributed by atoms with Crippen LogP contribution in [0.4, 0.5) is 0 Å². The van der Waals surface area contributed by atoms with Crippen LogP contribution in [0.5, 0.6) is 5.75 Å². The summed E-state index contributed by atoms with van der Waals surface area (Å²) in [7, 11) is 1.62. The fourth-order valence-electron chi connectivity index (χ4n) is 1.53. The van der Waals surface area contributed by atoms with Crippen molar-refractivity contribution in [3.63, 3.8) is 0 Å². The van der Waals surface area contributed by atoms with Crippen LogP contribution in [0.2, 0.25) is 0 Å². The number of nitrogens with zero attached hydrogens (tertiary/aromatic N) is 2. The van der Waals surface area contributed by atoms with Gasteiger partial charge in [-0.05, 0) is 24.3 Å². The summed E-state index contributed by atoms with van der Waals surface area (Å²) in [6.45, 7) is 0. The number of hydrogen-bond donors (Lipinski definition) is 2. The minimum absolute atomic E-state index is 0.0157. The molecule has 0 bridgehead atoms. The van der Waals surface area contributed by atoms with Gasteiger partial charge in [-0.3, -0.25) is 4.98 Å². The van der Waals surface area contributed by atoms with E-state index in [0.29, 0.717) is 5.69 Å². The Bertz CT molecular complexity index is 602. The molecule has 0 aliphatic heterocycles. The molecular formula is C13H13N3O2S. The first kappa shape index (κ1) is 13.2. The molecule has 0 fully saturated rings. The van der Waals surface area contributed by atoms with Crippen molar-refractivity contribution in [2.75, 3.05) is 7.11 Å². The third-order valence-corrected chi connectivity index (χ3v) is 3.52. The maximum absolute atomic E-state index is 8.77. The summed E-state index contributed by atoms with van der Waals surface area (Å²) in [5, 5.41) is 11.8. The lowest BCUT2D eigenvalue weighted by Crippen LogP contribution is -2.15. The molecule has 0 amide bonds. The second kappa shape index (κ2) is 6.10. The Morgan fingerprint density at radius 1 is 1.26 bits per heavy atom. The number of ether oxygens (including phenoxy) is 1. The molecule has 0 spiro atoms. The number of amidine groups is 1. The molecule has 0 radical (unpaired) electrons. The van der Waals surface area contributed by atoms with Crippen molar-refractivity contribution in [1.29, 1.82) is 0 Å². The second-order valence-corrected chi connectivity index (χ2v) is 4.67. The molecule has 2 rings (SSSR count). The molecule has 0 saturated carbocycles. The van der Waals surface area contributed by atoms with Crippen LogP contribution in [0, 0.1) is 0 Å². The first-order valence-electron chi connectivity index (χ1n) is 5.50. The van der Waals surface area contributed by atoms with Gasteiger partial charge in [-0.1, -0.05) is 29.1 Å². The predicted molar refractivity (Wildman–Crippen MR) is 73.9 cm³/mol. The van der Waals surface area contributed by atoms with Crippen LogP contribution in [0.15, 0.2) is 57.5 Å². The number of hydrogen-bond acceptors (Lipinski definition) is 5. The highest BCUT2D eigenvalue weighted by atomic mass is 32.2. The summed E-state index contributed by atoms with van der Waals surface area (Å²) in [6, 6.07) is 11.3. The van der Waals surface area contributed by atoms with E-state index in [-0.39, 0.29) is 5.84 Å². The second-order valence-electron chi connectivity index (χ2n) is 3.59. The number of rotatable bonds is 4. The molecule has 0 atom stereocenters. The van der Waals surface area contributed by atoms with Crippen molar-refractivity contribution in [2.24, 2.45) is 10.9 Å². The zero-order chi connectivity index (χ0) is 13.7. The summed E-state index contributed by atoms with van der Waals surface area (Å²) in [6.07, 6.45) is 1.60. The van der Waals surface area contributed by atoms with Crippen molar-refractivity contribution in [3.05, 3.63) is 48.3 Å². The van der Waals surface area contributed by atoms with Gasteiger partial charge in [0, 0.05) is 11.1 Å². The Kier molecular flexibility index (Phi) is 4.25. The summed E-state index contributed by atoms with van der Waals surface area (Å²) >= 11 is 1.45. The van der Waals surface area contributed by atoms with Gasteiger partial charge in [0.2, 0.25) is 0 Å².